The van der Waals surface area contributed by atoms with Crippen LogP contribution in [0.15, 0.2) is 48.5 Å². The number of nitrogens with one attached hydrogen (secondary N) is 2. The number of ether oxygens (including phenoxy) is 4. The maximum atomic E-state index is 12.9. The Morgan fingerprint density at radius 1 is 0.805 bits per heavy atom. The van der Waals surface area contributed by atoms with E-state index in [1.54, 1.807) is 62.4 Å². The van der Waals surface area contributed by atoms with E-state index in [0.29, 0.717) is 67.1 Å². The maximum absolute atomic E-state index is 12.9. The van der Waals surface area contributed by atoms with E-state index in [-0.39, 0.29) is 24.7 Å². The van der Waals surface area contributed by atoms with Gasteiger partial charge in [-0.1, -0.05) is 0 Å². The minimum Gasteiger partial charge on any atom is -0.488 e. The van der Waals surface area contributed by atoms with Gasteiger partial charge < -0.3 is 34.5 Å². The molecule has 216 valence electrons. The summed E-state index contributed by atoms with van der Waals surface area (Å²) in [6, 6.07) is 12.8. The number of carbonyl (C=O) groups is 3. The second-order valence-electron chi connectivity index (χ2n) is 8.76. The van der Waals surface area contributed by atoms with Crippen LogP contribution in [-0.4, -0.2) is 74.1 Å². The van der Waals surface area contributed by atoms with Crippen molar-refractivity contribution in [3.8, 4) is 17.1 Å². The molecule has 2 amide bonds. The van der Waals surface area contributed by atoms with Crippen molar-refractivity contribution >= 4 is 35.2 Å². The summed E-state index contributed by atoms with van der Waals surface area (Å²) in [6.07, 6.45) is 0. The number of aromatic nitrogens is 2. The summed E-state index contributed by atoms with van der Waals surface area (Å²) in [5, 5.41) is 5.48. The summed E-state index contributed by atoms with van der Waals surface area (Å²) in [5.74, 6) is 0.0715. The molecule has 0 radical (unpaired) electrons. The smallest absolute Gasteiger partial charge is 0.361 e. The fourth-order valence-electron chi connectivity index (χ4n) is 4.07. The molecule has 1 saturated heterocycles. The number of morpholine rings is 1. The van der Waals surface area contributed by atoms with Crippen LogP contribution in [0.1, 0.15) is 41.6 Å². The zero-order chi connectivity index (χ0) is 29.2. The predicted molar refractivity (Wildman–Crippen MR) is 153 cm³/mol. The second-order valence-corrected chi connectivity index (χ2v) is 8.76. The van der Waals surface area contributed by atoms with Crippen molar-refractivity contribution in [1.29, 1.82) is 0 Å². The van der Waals surface area contributed by atoms with Crippen molar-refractivity contribution in [2.24, 2.45) is 0 Å². The molecule has 1 aliphatic heterocycles. The van der Waals surface area contributed by atoms with Gasteiger partial charge in [-0.05, 0) is 69.3 Å². The van der Waals surface area contributed by atoms with Gasteiger partial charge in [0.15, 0.2) is 23.1 Å². The normalized spacial score (nSPS) is 12.8. The van der Waals surface area contributed by atoms with Gasteiger partial charge in [0.2, 0.25) is 0 Å². The Kier molecular flexibility index (Phi) is 10.1. The van der Waals surface area contributed by atoms with E-state index in [1.165, 1.54) is 0 Å². The first-order valence-electron chi connectivity index (χ1n) is 13.4. The van der Waals surface area contributed by atoms with Gasteiger partial charge in [-0.15, -0.1) is 0 Å². The predicted octanol–water partition coefficient (Wildman–Crippen LogP) is 4.38. The van der Waals surface area contributed by atoms with Gasteiger partial charge in [0.25, 0.3) is 0 Å². The Balaban J connectivity index is 1.53. The van der Waals surface area contributed by atoms with E-state index in [9.17, 15) is 14.4 Å². The maximum Gasteiger partial charge on any atom is 0.361 e. The Labute approximate surface area is 238 Å². The molecule has 1 fully saturated rings. The molecule has 2 N–H and O–H groups in total. The summed E-state index contributed by atoms with van der Waals surface area (Å²) < 4.78 is 21.5. The molecule has 0 spiro atoms. The van der Waals surface area contributed by atoms with Gasteiger partial charge in [-0.25, -0.2) is 24.4 Å². The third-order valence-corrected chi connectivity index (χ3v) is 5.97. The van der Waals surface area contributed by atoms with E-state index < -0.39 is 18.0 Å². The molecule has 0 saturated carbocycles. The van der Waals surface area contributed by atoms with Crippen molar-refractivity contribution in [2.45, 2.75) is 20.8 Å². The minimum absolute atomic E-state index is 0.0516. The average Bonchev–Trinajstić information content (AvgIpc) is 2.99. The lowest BCUT2D eigenvalue weighted by molar-refractivity contribution is 0.0509. The standard InChI is InChI=1S/C29H33N5O7/c1-4-39-24-23(28(36)41-6-3)32-25(33-26(24)34-15-17-38-18-16-34)19-7-11-21(12-8-19)30-29(37)31-22-13-9-20(10-14-22)27(35)40-5-2/h7-14H,4-6,15-18H2,1-3H3,(H2,30,31,37). The fourth-order valence-corrected chi connectivity index (χ4v) is 4.07. The molecule has 41 heavy (non-hydrogen) atoms. The Bertz CT molecular complexity index is 1360. The fraction of sp³-hybridized carbons (Fsp3) is 0.345. The number of carbonyl (C=O) groups excluding carboxylic acids is 3. The first-order chi connectivity index (χ1) is 19.9. The number of rotatable bonds is 10. The van der Waals surface area contributed by atoms with Crippen molar-refractivity contribution in [3.63, 3.8) is 0 Å². The summed E-state index contributed by atoms with van der Waals surface area (Å²) in [5.41, 5.74) is 2.12. The molecule has 0 bridgehead atoms. The Hall–Kier alpha value is -4.71. The van der Waals surface area contributed by atoms with Crippen LogP contribution in [0.3, 0.4) is 0 Å². The molecule has 0 aliphatic carbocycles. The number of urea groups is 1. The Morgan fingerprint density at radius 2 is 1.39 bits per heavy atom. The van der Waals surface area contributed by atoms with Crippen molar-refractivity contribution in [2.75, 3.05) is 61.7 Å². The highest BCUT2D eigenvalue weighted by molar-refractivity contribution is 6.00. The van der Waals surface area contributed by atoms with E-state index in [4.69, 9.17) is 23.9 Å². The summed E-state index contributed by atoms with van der Waals surface area (Å²) >= 11 is 0. The topological polar surface area (TPSA) is 141 Å². The quantitative estimate of drug-likeness (QED) is 0.342. The minimum atomic E-state index is -0.598. The van der Waals surface area contributed by atoms with Gasteiger partial charge in [0.1, 0.15) is 0 Å². The number of benzene rings is 2. The average molecular weight is 564 g/mol. The molecule has 0 atom stereocenters. The molecule has 1 aromatic heterocycles. The first-order valence-corrected chi connectivity index (χ1v) is 13.4. The molecule has 12 heteroatoms. The Morgan fingerprint density at radius 3 is 1.98 bits per heavy atom. The lowest BCUT2D eigenvalue weighted by atomic mass is 10.1. The van der Waals surface area contributed by atoms with Crippen molar-refractivity contribution in [1.82, 2.24) is 9.97 Å². The largest absolute Gasteiger partial charge is 0.488 e. The van der Waals surface area contributed by atoms with Crippen molar-refractivity contribution < 1.29 is 33.3 Å². The highest BCUT2D eigenvalue weighted by Crippen LogP contribution is 2.33. The van der Waals surface area contributed by atoms with Crippen molar-refractivity contribution in [3.05, 3.63) is 59.8 Å². The summed E-state index contributed by atoms with van der Waals surface area (Å²) in [7, 11) is 0. The number of amides is 2. The molecule has 3 aromatic rings. The zero-order valence-corrected chi connectivity index (χ0v) is 23.3. The summed E-state index contributed by atoms with van der Waals surface area (Å²) in [4.78, 5) is 48.5. The van der Waals surface area contributed by atoms with Crippen LogP contribution >= 0.6 is 0 Å². The molecule has 2 heterocycles. The van der Waals surface area contributed by atoms with E-state index >= 15 is 0 Å². The lowest BCUT2D eigenvalue weighted by Crippen LogP contribution is -2.37. The van der Waals surface area contributed by atoms with Gasteiger partial charge in [0.05, 0.1) is 38.6 Å². The number of hydrogen-bond donors (Lipinski definition) is 2. The van der Waals surface area contributed by atoms with Gasteiger partial charge in [-0.3, -0.25) is 0 Å². The molecule has 0 unspecified atom stereocenters. The van der Waals surface area contributed by atoms with E-state index in [2.05, 4.69) is 15.6 Å². The number of hydrogen-bond acceptors (Lipinski definition) is 10. The molecular formula is C29H33N5O7. The molecule has 4 rings (SSSR count). The van der Waals surface area contributed by atoms with Crippen LogP contribution in [0.2, 0.25) is 0 Å². The summed E-state index contributed by atoms with van der Waals surface area (Å²) in [6.45, 7) is 8.31. The van der Waals surface area contributed by atoms with Gasteiger partial charge in [0, 0.05) is 30.0 Å². The lowest BCUT2D eigenvalue weighted by Gasteiger charge is -2.29. The van der Waals surface area contributed by atoms with Crippen LogP contribution in [0.25, 0.3) is 11.4 Å². The SMILES string of the molecule is CCOC(=O)c1ccc(NC(=O)Nc2ccc(-c3nc(C(=O)OCC)c(OCC)c(N4CCOCC4)n3)cc2)cc1. The van der Waals surface area contributed by atoms with Gasteiger partial charge in [-0.2, -0.15) is 0 Å². The number of anilines is 3. The molecule has 2 aromatic carbocycles. The third kappa shape index (κ3) is 7.48. The van der Waals surface area contributed by atoms with Crippen LogP contribution in [0, 0.1) is 0 Å². The number of esters is 2. The highest BCUT2D eigenvalue weighted by atomic mass is 16.5. The molecular weight excluding hydrogens is 530 g/mol. The monoisotopic (exact) mass is 563 g/mol. The first kappa shape index (κ1) is 29.3. The number of nitrogens with zero attached hydrogens (tertiary/aromatic N) is 3. The van der Waals surface area contributed by atoms with Gasteiger partial charge >= 0.3 is 18.0 Å². The van der Waals surface area contributed by atoms with Crippen LogP contribution in [-0.2, 0) is 14.2 Å². The molecule has 1 aliphatic rings. The molecule has 12 nitrogen and oxygen atoms in total. The third-order valence-electron chi connectivity index (χ3n) is 5.97. The van der Waals surface area contributed by atoms with E-state index in [1.807, 2.05) is 11.8 Å². The van der Waals surface area contributed by atoms with Crippen LogP contribution in [0.4, 0.5) is 22.0 Å². The highest BCUT2D eigenvalue weighted by Gasteiger charge is 2.27. The van der Waals surface area contributed by atoms with Crippen LogP contribution < -0.4 is 20.3 Å². The zero-order valence-electron chi connectivity index (χ0n) is 23.3. The van der Waals surface area contributed by atoms with Crippen LogP contribution in [0.5, 0.6) is 5.75 Å². The van der Waals surface area contributed by atoms with E-state index in [0.717, 1.165) is 0 Å². The second kappa shape index (κ2) is 14.1.